The average molecular weight is 254 g/mol. The Labute approximate surface area is 74.8 Å². The lowest BCUT2D eigenvalue weighted by atomic mass is 10.5. The average Bonchev–Trinajstić information content (AvgIpc) is 1.65. The topological polar surface area (TPSA) is 0 Å². The zero-order valence-corrected chi connectivity index (χ0v) is 8.89. The molecule has 0 bridgehead atoms. The van der Waals surface area contributed by atoms with Crippen molar-refractivity contribution in [3.63, 3.8) is 0 Å². The zero-order valence-electron chi connectivity index (χ0n) is 5.84. The van der Waals surface area contributed by atoms with Gasteiger partial charge in [0.1, 0.15) is 0 Å². The summed E-state index contributed by atoms with van der Waals surface area (Å²) in [6, 6.07) is 0. The van der Waals surface area contributed by atoms with Crippen LogP contribution in [0.4, 0.5) is 0 Å². The first-order chi connectivity index (χ1) is 3.71. The van der Waals surface area contributed by atoms with Gasteiger partial charge in [-0.25, -0.2) is 0 Å². The summed E-state index contributed by atoms with van der Waals surface area (Å²) in [5.74, 6) is 2.35. The summed E-state index contributed by atoms with van der Waals surface area (Å²) in [5, 5.41) is 0. The van der Waals surface area contributed by atoms with Gasteiger partial charge < -0.3 is 24.0 Å². The fraction of sp³-hybridized carbons (Fsp3) is 0.429. The quantitative estimate of drug-likeness (QED) is 0.398. The number of allylic oxidation sites excluding steroid dienone is 3. The van der Waals surface area contributed by atoms with E-state index in [0.29, 0.717) is 0 Å². The van der Waals surface area contributed by atoms with Gasteiger partial charge in [0.15, 0.2) is 0 Å². The lowest BCUT2D eigenvalue weighted by molar-refractivity contribution is -0.00000183. The molecule has 9 heavy (non-hydrogen) atoms. The van der Waals surface area contributed by atoms with Crippen LogP contribution in [0.3, 0.4) is 0 Å². The van der Waals surface area contributed by atoms with E-state index in [4.69, 9.17) is 0 Å². The van der Waals surface area contributed by atoms with Crippen molar-refractivity contribution >= 4 is 7.26 Å². The van der Waals surface area contributed by atoms with E-state index >= 15 is 0 Å². The Morgan fingerprint density at radius 1 is 1.22 bits per heavy atom. The SMILES string of the molecule is C[P+]1(C)C=CC=CC1.[I-]. The van der Waals surface area contributed by atoms with Crippen LogP contribution >= 0.6 is 7.26 Å². The van der Waals surface area contributed by atoms with Crippen LogP contribution in [0.1, 0.15) is 0 Å². The Kier molecular flexibility index (Phi) is 3.99. The molecule has 0 N–H and O–H groups in total. The maximum absolute atomic E-state index is 2.35. The molecule has 0 aromatic carbocycles. The minimum absolute atomic E-state index is 0. The molecule has 1 heterocycles. The largest absolute Gasteiger partial charge is 1.00 e. The number of hydrogen-bond acceptors (Lipinski definition) is 0. The van der Waals surface area contributed by atoms with Crippen LogP contribution in [0.5, 0.6) is 0 Å². The second-order valence-electron chi connectivity index (χ2n) is 2.73. The molecule has 0 radical (unpaired) electrons. The smallest absolute Gasteiger partial charge is 0.0812 e. The monoisotopic (exact) mass is 254 g/mol. The molecule has 0 saturated heterocycles. The van der Waals surface area contributed by atoms with Crippen molar-refractivity contribution in [3.8, 4) is 0 Å². The van der Waals surface area contributed by atoms with Gasteiger partial charge in [0.2, 0.25) is 0 Å². The Morgan fingerprint density at radius 2 is 1.89 bits per heavy atom. The Morgan fingerprint density at radius 3 is 2.11 bits per heavy atom. The first-order valence-corrected chi connectivity index (χ1v) is 5.81. The second kappa shape index (κ2) is 3.72. The van der Waals surface area contributed by atoms with Gasteiger partial charge in [-0.15, -0.1) is 0 Å². The molecule has 0 saturated carbocycles. The third-order valence-electron chi connectivity index (χ3n) is 1.31. The van der Waals surface area contributed by atoms with E-state index in [1.165, 1.54) is 6.16 Å². The number of halogens is 1. The van der Waals surface area contributed by atoms with E-state index in [-0.39, 0.29) is 24.0 Å². The van der Waals surface area contributed by atoms with Gasteiger partial charge in [0.25, 0.3) is 0 Å². The van der Waals surface area contributed by atoms with Crippen molar-refractivity contribution < 1.29 is 24.0 Å². The highest BCUT2D eigenvalue weighted by Gasteiger charge is 2.19. The van der Waals surface area contributed by atoms with E-state index < -0.39 is 7.26 Å². The van der Waals surface area contributed by atoms with Gasteiger partial charge in [-0.3, -0.25) is 0 Å². The molecule has 0 spiro atoms. The number of hydrogen-bond donors (Lipinski definition) is 0. The fourth-order valence-corrected chi connectivity index (χ4v) is 2.11. The third kappa shape index (κ3) is 3.36. The van der Waals surface area contributed by atoms with Crippen LogP contribution in [0.25, 0.3) is 0 Å². The van der Waals surface area contributed by atoms with Gasteiger partial charge in [-0.1, -0.05) is 6.08 Å². The Hall–Kier alpha value is 0.640. The van der Waals surface area contributed by atoms with Crippen molar-refractivity contribution in [2.45, 2.75) is 0 Å². The summed E-state index contributed by atoms with van der Waals surface area (Å²) < 4.78 is 0. The first-order valence-electron chi connectivity index (χ1n) is 2.88. The maximum atomic E-state index is 2.35. The molecule has 52 valence electrons. The molecule has 1 aliphatic rings. The molecule has 1 rings (SSSR count). The molecule has 0 unspecified atom stereocenters. The Balaban J connectivity index is 0.000000640. The zero-order chi connectivity index (χ0) is 6.04. The summed E-state index contributed by atoms with van der Waals surface area (Å²) in [7, 11) is -0.604. The van der Waals surface area contributed by atoms with Crippen molar-refractivity contribution in [2.24, 2.45) is 0 Å². The van der Waals surface area contributed by atoms with Gasteiger partial charge in [-0.05, 0) is 12.2 Å². The van der Waals surface area contributed by atoms with Gasteiger partial charge in [0.05, 0.1) is 25.3 Å². The fourth-order valence-electron chi connectivity index (χ4n) is 0.755. The molecule has 0 fully saturated rings. The molecule has 0 aliphatic carbocycles. The minimum atomic E-state index is -0.604. The van der Waals surface area contributed by atoms with Gasteiger partial charge >= 0.3 is 0 Å². The van der Waals surface area contributed by atoms with E-state index in [1.54, 1.807) is 0 Å². The molecular formula is C7H12IP. The predicted molar refractivity (Wildman–Crippen MR) is 41.9 cm³/mol. The Bertz CT molecular complexity index is 136. The summed E-state index contributed by atoms with van der Waals surface area (Å²) in [4.78, 5) is 0. The summed E-state index contributed by atoms with van der Waals surface area (Å²) in [5.41, 5.74) is 0. The van der Waals surface area contributed by atoms with Crippen LogP contribution in [0, 0.1) is 0 Å². The molecule has 0 aromatic heterocycles. The predicted octanol–water partition coefficient (Wildman–Crippen LogP) is -0.649. The maximum Gasteiger partial charge on any atom is 0.0812 e. The molecule has 0 aromatic rings. The summed E-state index contributed by atoms with van der Waals surface area (Å²) in [6.07, 6.45) is 7.85. The van der Waals surface area contributed by atoms with Gasteiger partial charge in [-0.2, -0.15) is 0 Å². The summed E-state index contributed by atoms with van der Waals surface area (Å²) >= 11 is 0. The van der Waals surface area contributed by atoms with Crippen molar-refractivity contribution in [1.29, 1.82) is 0 Å². The van der Waals surface area contributed by atoms with E-state index in [1.807, 2.05) is 0 Å². The van der Waals surface area contributed by atoms with E-state index in [9.17, 15) is 0 Å². The first kappa shape index (κ1) is 9.64. The highest BCUT2D eigenvalue weighted by atomic mass is 127. The lowest BCUT2D eigenvalue weighted by Gasteiger charge is -2.11. The third-order valence-corrected chi connectivity index (χ3v) is 3.44. The normalized spacial score (nSPS) is 21.1. The highest BCUT2D eigenvalue weighted by molar-refractivity contribution is 7.77. The second-order valence-corrected chi connectivity index (χ2v) is 6.95. The molecule has 0 atom stereocenters. The van der Waals surface area contributed by atoms with Crippen molar-refractivity contribution in [3.05, 3.63) is 24.0 Å². The van der Waals surface area contributed by atoms with Crippen LogP contribution in [-0.2, 0) is 0 Å². The van der Waals surface area contributed by atoms with E-state index in [2.05, 4.69) is 37.4 Å². The van der Waals surface area contributed by atoms with Crippen LogP contribution in [-0.4, -0.2) is 19.5 Å². The molecule has 2 heteroatoms. The lowest BCUT2D eigenvalue weighted by Crippen LogP contribution is -3.00. The number of rotatable bonds is 0. The molecule has 0 nitrogen and oxygen atoms in total. The molecule has 0 amide bonds. The molecule has 1 aliphatic heterocycles. The van der Waals surface area contributed by atoms with Crippen LogP contribution in [0.2, 0.25) is 0 Å². The van der Waals surface area contributed by atoms with Crippen LogP contribution in [0.15, 0.2) is 24.0 Å². The van der Waals surface area contributed by atoms with Crippen LogP contribution < -0.4 is 24.0 Å². The standard InChI is InChI=1S/C7H12P.HI/c1-8(2)6-4-3-5-7-8;/h3-6H,7H2,1-2H3;1H/q+1;/p-1. The molecular weight excluding hydrogens is 242 g/mol. The minimum Gasteiger partial charge on any atom is -1.00 e. The summed E-state index contributed by atoms with van der Waals surface area (Å²) in [6.45, 7) is 4.71. The van der Waals surface area contributed by atoms with Crippen molar-refractivity contribution in [2.75, 3.05) is 19.5 Å². The van der Waals surface area contributed by atoms with E-state index in [0.717, 1.165) is 0 Å². The highest BCUT2D eigenvalue weighted by Crippen LogP contribution is 2.53. The van der Waals surface area contributed by atoms with Crippen molar-refractivity contribution in [1.82, 2.24) is 0 Å². The van der Waals surface area contributed by atoms with Gasteiger partial charge in [0, 0.05) is 7.26 Å².